The fourth-order valence-corrected chi connectivity index (χ4v) is 3.04. The van der Waals surface area contributed by atoms with Gasteiger partial charge in [-0.05, 0) is 24.5 Å². The minimum atomic E-state index is -4.50. The van der Waals surface area contributed by atoms with Gasteiger partial charge in [0.1, 0.15) is 11.1 Å². The highest BCUT2D eigenvalue weighted by molar-refractivity contribution is 8.04. The van der Waals surface area contributed by atoms with Crippen LogP contribution in [0.2, 0.25) is 0 Å². The number of rotatable bonds is 7. The maximum atomic E-state index is 12.7. The van der Waals surface area contributed by atoms with E-state index in [2.05, 4.69) is 16.9 Å². The molecule has 1 aromatic carbocycles. The first-order valence-electron chi connectivity index (χ1n) is 7.15. The molecule has 0 aliphatic carbocycles. The molecule has 6 nitrogen and oxygen atoms in total. The van der Waals surface area contributed by atoms with Gasteiger partial charge < -0.3 is 16.8 Å². The first-order valence-corrected chi connectivity index (χ1v) is 9.36. The summed E-state index contributed by atoms with van der Waals surface area (Å²) in [6, 6.07) is 6.20. The predicted molar refractivity (Wildman–Crippen MR) is 104 cm³/mol. The number of alkyl halides is 3. The molecule has 11 heteroatoms. The number of allylic oxidation sites excluding steroid dienone is 1. The molecule has 0 spiro atoms. The lowest BCUT2D eigenvalue weighted by Gasteiger charge is -2.10. The number of amides is 1. The Bertz CT molecular complexity index is 824. The van der Waals surface area contributed by atoms with Crippen molar-refractivity contribution in [1.29, 1.82) is 5.26 Å². The normalized spacial score (nSPS) is 11.8. The smallest absolute Gasteiger partial charge is 0.370 e. The van der Waals surface area contributed by atoms with E-state index >= 15 is 0 Å². The van der Waals surface area contributed by atoms with Crippen molar-refractivity contribution in [2.75, 3.05) is 17.3 Å². The number of carbonyl (C=O) groups is 1. The summed E-state index contributed by atoms with van der Waals surface area (Å²) in [6.45, 7) is 3.72. The summed E-state index contributed by atoms with van der Waals surface area (Å²) in [5.74, 6) is -0.943. The Morgan fingerprint density at radius 2 is 2.07 bits per heavy atom. The van der Waals surface area contributed by atoms with E-state index in [1.165, 1.54) is 12.1 Å². The van der Waals surface area contributed by atoms with Crippen molar-refractivity contribution in [1.82, 2.24) is 0 Å². The lowest BCUT2D eigenvalue weighted by molar-refractivity contribution is -0.137. The molecule has 27 heavy (non-hydrogen) atoms. The Hall–Kier alpha value is -2.58. The standard InChI is InChI=1S/C16H16F3N5OS2/c1-9(12(7-20)14(26-2)24-15(21)22)27-8-13(25)23-11-5-3-4-10(6-11)16(17,18)19/h3-6H,1,8H2,2H3,(H,23,25)(H4,21,22,24)/b14-12+. The third-order valence-corrected chi connectivity index (χ3v) is 4.52. The topological polar surface area (TPSA) is 117 Å². The van der Waals surface area contributed by atoms with E-state index in [9.17, 15) is 23.2 Å². The first kappa shape index (κ1) is 22.5. The molecular formula is C16H16F3N5OS2. The zero-order chi connectivity index (χ0) is 20.6. The second-order valence-corrected chi connectivity index (χ2v) is 6.74. The molecule has 0 aromatic heterocycles. The van der Waals surface area contributed by atoms with Crippen molar-refractivity contribution in [3.8, 4) is 6.07 Å². The third-order valence-electron chi connectivity index (χ3n) is 2.88. The number of nitrogens with one attached hydrogen (secondary N) is 1. The number of thioether (sulfide) groups is 2. The second-order valence-electron chi connectivity index (χ2n) is 4.87. The molecule has 0 saturated heterocycles. The van der Waals surface area contributed by atoms with Crippen LogP contribution >= 0.6 is 23.5 Å². The van der Waals surface area contributed by atoms with Crippen LogP contribution in [-0.2, 0) is 11.0 Å². The maximum absolute atomic E-state index is 12.7. The van der Waals surface area contributed by atoms with Crippen molar-refractivity contribution in [3.05, 3.63) is 51.9 Å². The van der Waals surface area contributed by atoms with Crippen LogP contribution in [0, 0.1) is 11.3 Å². The van der Waals surface area contributed by atoms with Crippen LogP contribution < -0.4 is 16.8 Å². The number of guanidine groups is 1. The molecule has 1 rings (SSSR count). The summed E-state index contributed by atoms with van der Waals surface area (Å²) in [6.07, 6.45) is -2.84. The Morgan fingerprint density at radius 1 is 1.41 bits per heavy atom. The Labute approximate surface area is 162 Å². The van der Waals surface area contributed by atoms with Gasteiger partial charge in [-0.15, -0.1) is 23.5 Å². The minimum absolute atomic E-state index is 0.0161. The summed E-state index contributed by atoms with van der Waals surface area (Å²) in [5.41, 5.74) is 9.86. The lowest BCUT2D eigenvalue weighted by atomic mass is 10.2. The number of nitriles is 1. The molecule has 144 valence electrons. The summed E-state index contributed by atoms with van der Waals surface area (Å²) in [4.78, 5) is 16.1. The van der Waals surface area contributed by atoms with Crippen LogP contribution in [0.5, 0.6) is 0 Å². The highest BCUT2D eigenvalue weighted by Gasteiger charge is 2.30. The van der Waals surface area contributed by atoms with E-state index in [1.54, 1.807) is 6.26 Å². The molecule has 1 amide bonds. The van der Waals surface area contributed by atoms with Crippen molar-refractivity contribution < 1.29 is 18.0 Å². The van der Waals surface area contributed by atoms with Crippen LogP contribution in [-0.4, -0.2) is 23.9 Å². The van der Waals surface area contributed by atoms with E-state index in [-0.39, 0.29) is 32.9 Å². The van der Waals surface area contributed by atoms with E-state index in [1.807, 2.05) is 6.07 Å². The molecule has 0 heterocycles. The average molecular weight is 415 g/mol. The number of hydrogen-bond acceptors (Lipinski definition) is 5. The van der Waals surface area contributed by atoms with Crippen LogP contribution in [0.1, 0.15) is 5.56 Å². The largest absolute Gasteiger partial charge is 0.416 e. The number of nitrogens with two attached hydrogens (primary N) is 2. The van der Waals surface area contributed by atoms with Gasteiger partial charge in [0.25, 0.3) is 0 Å². The summed E-state index contributed by atoms with van der Waals surface area (Å²) in [7, 11) is 0. The van der Waals surface area contributed by atoms with Crippen molar-refractivity contribution in [2.45, 2.75) is 6.18 Å². The molecule has 1 aromatic rings. The van der Waals surface area contributed by atoms with Crippen LogP contribution in [0.3, 0.4) is 0 Å². The van der Waals surface area contributed by atoms with Crippen LogP contribution in [0.4, 0.5) is 18.9 Å². The van der Waals surface area contributed by atoms with Crippen LogP contribution in [0.15, 0.2) is 51.3 Å². The number of aliphatic imine (C=N–C) groups is 1. The van der Waals surface area contributed by atoms with Gasteiger partial charge in [-0.1, -0.05) is 12.6 Å². The van der Waals surface area contributed by atoms with E-state index in [4.69, 9.17) is 11.5 Å². The molecule has 0 saturated carbocycles. The highest BCUT2D eigenvalue weighted by Crippen LogP contribution is 2.31. The summed E-state index contributed by atoms with van der Waals surface area (Å²) < 4.78 is 38.1. The number of hydrogen-bond donors (Lipinski definition) is 3. The van der Waals surface area contributed by atoms with Crippen molar-refractivity contribution in [2.24, 2.45) is 16.5 Å². The molecule has 0 unspecified atom stereocenters. The SMILES string of the molecule is C=C(SCC(=O)Nc1cccc(C(F)(F)F)c1)/C(C#N)=C(\N=C(N)N)SC. The van der Waals surface area contributed by atoms with Crippen molar-refractivity contribution >= 4 is 41.1 Å². The predicted octanol–water partition coefficient (Wildman–Crippen LogP) is 3.26. The highest BCUT2D eigenvalue weighted by atomic mass is 32.2. The second kappa shape index (κ2) is 9.94. The number of nitrogens with zero attached hydrogens (tertiary/aromatic N) is 2. The average Bonchev–Trinajstić information content (AvgIpc) is 2.58. The van der Waals surface area contributed by atoms with Gasteiger partial charge in [-0.2, -0.15) is 18.4 Å². The zero-order valence-electron chi connectivity index (χ0n) is 14.1. The summed E-state index contributed by atoms with van der Waals surface area (Å²) in [5, 5.41) is 11.9. The Kier molecular flexibility index (Phi) is 8.27. The van der Waals surface area contributed by atoms with Gasteiger partial charge >= 0.3 is 6.18 Å². The number of anilines is 1. The van der Waals surface area contributed by atoms with Gasteiger partial charge in [0.05, 0.1) is 16.9 Å². The molecular weight excluding hydrogens is 399 g/mol. The Morgan fingerprint density at radius 3 is 2.59 bits per heavy atom. The molecule has 5 N–H and O–H groups in total. The molecule has 0 fully saturated rings. The Balaban J connectivity index is 2.79. The van der Waals surface area contributed by atoms with E-state index < -0.39 is 17.6 Å². The quantitative estimate of drug-likeness (QED) is 0.272. The first-order chi connectivity index (χ1) is 12.6. The van der Waals surface area contributed by atoms with Gasteiger partial charge in [0, 0.05) is 10.6 Å². The molecule has 0 aliphatic rings. The number of halogens is 3. The zero-order valence-corrected chi connectivity index (χ0v) is 15.8. The monoisotopic (exact) mass is 415 g/mol. The molecule has 0 radical (unpaired) electrons. The van der Waals surface area contributed by atoms with Gasteiger partial charge in [0.2, 0.25) is 5.91 Å². The molecule has 0 atom stereocenters. The number of carbonyl (C=O) groups excluding carboxylic acids is 1. The minimum Gasteiger partial charge on any atom is -0.370 e. The maximum Gasteiger partial charge on any atom is 0.416 e. The van der Waals surface area contributed by atoms with Crippen molar-refractivity contribution in [3.63, 3.8) is 0 Å². The van der Waals surface area contributed by atoms with E-state index in [0.29, 0.717) is 0 Å². The van der Waals surface area contributed by atoms with E-state index in [0.717, 1.165) is 35.7 Å². The van der Waals surface area contributed by atoms with Gasteiger partial charge in [-0.25, -0.2) is 4.99 Å². The lowest BCUT2D eigenvalue weighted by Crippen LogP contribution is -2.22. The third kappa shape index (κ3) is 7.28. The van der Waals surface area contributed by atoms with Crippen LogP contribution in [0.25, 0.3) is 0 Å². The summed E-state index contributed by atoms with van der Waals surface area (Å²) >= 11 is 2.07. The fourth-order valence-electron chi connectivity index (χ4n) is 1.75. The number of benzene rings is 1. The fraction of sp³-hybridized carbons (Fsp3) is 0.188. The van der Waals surface area contributed by atoms with Gasteiger partial charge in [-0.3, -0.25) is 4.79 Å². The molecule has 0 aliphatic heterocycles. The molecule has 0 bridgehead atoms. The van der Waals surface area contributed by atoms with Gasteiger partial charge in [0.15, 0.2) is 5.96 Å².